The van der Waals surface area contributed by atoms with Gasteiger partial charge in [0.15, 0.2) is 23.8 Å². The Balaban J connectivity index is 1.87. The first-order chi connectivity index (χ1) is 8.44. The van der Waals surface area contributed by atoms with E-state index in [2.05, 4.69) is 11.8 Å². The molecule has 0 radical (unpaired) electrons. The number of aliphatic hydroxyl groups is 1. The van der Waals surface area contributed by atoms with Crippen molar-refractivity contribution in [2.24, 2.45) is 5.92 Å². The predicted molar refractivity (Wildman–Crippen MR) is 64.4 cm³/mol. The Labute approximate surface area is 108 Å². The van der Waals surface area contributed by atoms with Crippen LogP contribution in [0.4, 0.5) is 0 Å². The van der Waals surface area contributed by atoms with Gasteiger partial charge in [0.25, 0.3) is 0 Å². The molecule has 4 heteroatoms. The smallest absolute Gasteiger partial charge is 0.191 e. The minimum atomic E-state index is -1.24. The zero-order valence-corrected chi connectivity index (χ0v) is 11.1. The number of fused-ring (bicyclic) bond motifs is 1. The molecule has 4 nitrogen and oxygen atoms in total. The fourth-order valence-electron chi connectivity index (χ4n) is 2.58. The topological polar surface area (TPSA) is 47.9 Å². The Bertz CT molecular complexity index is 404. The predicted octanol–water partition coefficient (Wildman–Crippen LogP) is 1.42. The lowest BCUT2D eigenvalue weighted by Crippen LogP contribution is -2.47. The van der Waals surface area contributed by atoms with Crippen LogP contribution in [0.2, 0.25) is 0 Å². The molecule has 3 aliphatic rings. The first kappa shape index (κ1) is 12.4. The van der Waals surface area contributed by atoms with Crippen molar-refractivity contribution in [1.29, 1.82) is 0 Å². The SMILES string of the molecule is CC[C@H]1O[C@@H]2OC(C)(C)O[C@@H]2[C@@]1(O)C#CC1CC1. The molecule has 100 valence electrons. The van der Waals surface area contributed by atoms with Gasteiger partial charge < -0.3 is 19.3 Å². The van der Waals surface area contributed by atoms with Crippen LogP contribution in [0.25, 0.3) is 0 Å². The lowest BCUT2D eigenvalue weighted by Gasteiger charge is -2.28. The fraction of sp³-hybridized carbons (Fsp3) is 0.857. The maximum atomic E-state index is 10.8. The summed E-state index contributed by atoms with van der Waals surface area (Å²) in [6.07, 6.45) is 1.60. The van der Waals surface area contributed by atoms with E-state index in [1.165, 1.54) is 0 Å². The largest absolute Gasteiger partial charge is 0.372 e. The molecule has 2 aliphatic heterocycles. The van der Waals surface area contributed by atoms with Gasteiger partial charge in [-0.25, -0.2) is 0 Å². The third-order valence-electron chi connectivity index (χ3n) is 3.71. The molecule has 0 bridgehead atoms. The first-order valence-corrected chi connectivity index (χ1v) is 6.71. The molecule has 2 heterocycles. The van der Waals surface area contributed by atoms with Gasteiger partial charge in [-0.05, 0) is 33.1 Å². The summed E-state index contributed by atoms with van der Waals surface area (Å²) in [7, 11) is 0. The Morgan fingerprint density at radius 2 is 2.00 bits per heavy atom. The summed E-state index contributed by atoms with van der Waals surface area (Å²) >= 11 is 0. The number of hydrogen-bond acceptors (Lipinski definition) is 4. The van der Waals surface area contributed by atoms with Gasteiger partial charge in [0.05, 0.1) is 0 Å². The third kappa shape index (κ3) is 1.96. The van der Waals surface area contributed by atoms with Crippen LogP contribution in [-0.4, -0.2) is 35.0 Å². The molecular formula is C14H20O4. The van der Waals surface area contributed by atoms with E-state index < -0.39 is 23.8 Å². The van der Waals surface area contributed by atoms with E-state index in [1.54, 1.807) is 0 Å². The molecule has 0 unspecified atom stereocenters. The van der Waals surface area contributed by atoms with Crippen molar-refractivity contribution in [1.82, 2.24) is 0 Å². The standard InChI is InChI=1S/C14H20O4/c1-4-10-14(15,8-7-9-5-6-9)11-12(16-10)18-13(2,3)17-11/h9-12,15H,4-6H2,1-3H3/t10-,11+,12-,14-/m1/s1. The molecule has 18 heavy (non-hydrogen) atoms. The van der Waals surface area contributed by atoms with E-state index in [1.807, 2.05) is 20.8 Å². The molecule has 1 aliphatic carbocycles. The van der Waals surface area contributed by atoms with Crippen LogP contribution in [0.15, 0.2) is 0 Å². The normalized spacial score (nSPS) is 45.4. The average molecular weight is 252 g/mol. The van der Waals surface area contributed by atoms with Crippen LogP contribution < -0.4 is 0 Å². The Kier molecular flexibility index (Phi) is 2.73. The summed E-state index contributed by atoms with van der Waals surface area (Å²) in [5.74, 6) is 5.86. The number of rotatable bonds is 1. The van der Waals surface area contributed by atoms with Gasteiger partial charge in [-0.1, -0.05) is 18.8 Å². The minimum absolute atomic E-state index is 0.338. The van der Waals surface area contributed by atoms with Crippen molar-refractivity contribution in [3.8, 4) is 11.8 Å². The van der Waals surface area contributed by atoms with Crippen molar-refractivity contribution in [3.05, 3.63) is 0 Å². The molecule has 0 aromatic rings. The highest BCUT2D eigenvalue weighted by Gasteiger charge is 2.62. The van der Waals surface area contributed by atoms with Gasteiger partial charge in [-0.2, -0.15) is 0 Å². The Morgan fingerprint density at radius 3 is 2.61 bits per heavy atom. The van der Waals surface area contributed by atoms with Gasteiger partial charge in [0.1, 0.15) is 6.10 Å². The zero-order chi connectivity index (χ0) is 13.0. The third-order valence-corrected chi connectivity index (χ3v) is 3.71. The minimum Gasteiger partial charge on any atom is -0.372 e. The van der Waals surface area contributed by atoms with Crippen molar-refractivity contribution in [2.45, 2.75) is 69.9 Å². The van der Waals surface area contributed by atoms with Crippen LogP contribution in [-0.2, 0) is 14.2 Å². The number of hydrogen-bond donors (Lipinski definition) is 1. The van der Waals surface area contributed by atoms with Crippen molar-refractivity contribution >= 4 is 0 Å². The molecule has 0 amide bonds. The molecule has 2 saturated heterocycles. The lowest BCUT2D eigenvalue weighted by molar-refractivity contribution is -0.222. The highest BCUT2D eigenvalue weighted by Crippen LogP contribution is 2.44. The van der Waals surface area contributed by atoms with Gasteiger partial charge in [0.2, 0.25) is 0 Å². The zero-order valence-electron chi connectivity index (χ0n) is 11.1. The second-order valence-electron chi connectivity index (χ2n) is 5.83. The highest BCUT2D eigenvalue weighted by molar-refractivity contribution is 5.26. The van der Waals surface area contributed by atoms with Gasteiger partial charge >= 0.3 is 0 Å². The lowest BCUT2D eigenvalue weighted by atomic mass is 9.91. The summed E-state index contributed by atoms with van der Waals surface area (Å²) in [5.41, 5.74) is -1.24. The molecule has 3 rings (SSSR count). The summed E-state index contributed by atoms with van der Waals surface area (Å²) < 4.78 is 17.2. The van der Waals surface area contributed by atoms with E-state index in [4.69, 9.17) is 14.2 Å². The summed E-state index contributed by atoms with van der Waals surface area (Å²) in [6, 6.07) is 0. The Hall–Kier alpha value is -0.600. The van der Waals surface area contributed by atoms with Gasteiger partial charge in [0, 0.05) is 5.92 Å². The molecule has 3 fully saturated rings. The molecule has 0 aromatic carbocycles. The highest BCUT2D eigenvalue weighted by atomic mass is 16.8. The number of ether oxygens (including phenoxy) is 3. The average Bonchev–Trinajstić information content (AvgIpc) is 3.02. The van der Waals surface area contributed by atoms with Crippen LogP contribution in [0.5, 0.6) is 0 Å². The second-order valence-corrected chi connectivity index (χ2v) is 5.83. The summed E-state index contributed by atoms with van der Waals surface area (Å²) in [6.45, 7) is 5.62. The van der Waals surface area contributed by atoms with Crippen LogP contribution in [0.3, 0.4) is 0 Å². The molecule has 1 saturated carbocycles. The summed E-state index contributed by atoms with van der Waals surface area (Å²) in [4.78, 5) is 0. The molecule has 0 spiro atoms. The van der Waals surface area contributed by atoms with Crippen molar-refractivity contribution in [3.63, 3.8) is 0 Å². The maximum Gasteiger partial charge on any atom is 0.191 e. The Morgan fingerprint density at radius 1 is 1.28 bits per heavy atom. The second kappa shape index (κ2) is 3.94. The van der Waals surface area contributed by atoms with Crippen LogP contribution in [0, 0.1) is 17.8 Å². The first-order valence-electron chi connectivity index (χ1n) is 6.71. The maximum absolute atomic E-state index is 10.8. The molecule has 4 atom stereocenters. The quantitative estimate of drug-likeness (QED) is 0.717. The summed E-state index contributed by atoms with van der Waals surface area (Å²) in [5, 5.41) is 10.8. The fourth-order valence-corrected chi connectivity index (χ4v) is 2.58. The van der Waals surface area contributed by atoms with Crippen molar-refractivity contribution < 1.29 is 19.3 Å². The molecular weight excluding hydrogens is 232 g/mol. The van der Waals surface area contributed by atoms with E-state index in [0.29, 0.717) is 12.3 Å². The van der Waals surface area contributed by atoms with E-state index in [-0.39, 0.29) is 6.10 Å². The van der Waals surface area contributed by atoms with E-state index in [9.17, 15) is 5.11 Å². The van der Waals surface area contributed by atoms with Gasteiger partial charge in [-0.15, -0.1) is 0 Å². The molecule has 1 N–H and O–H groups in total. The van der Waals surface area contributed by atoms with E-state index in [0.717, 1.165) is 12.8 Å². The van der Waals surface area contributed by atoms with Crippen LogP contribution in [0.1, 0.15) is 40.0 Å². The van der Waals surface area contributed by atoms with Gasteiger partial charge in [-0.3, -0.25) is 0 Å². The van der Waals surface area contributed by atoms with E-state index >= 15 is 0 Å². The molecule has 0 aromatic heterocycles. The van der Waals surface area contributed by atoms with Crippen molar-refractivity contribution in [2.75, 3.05) is 0 Å². The van der Waals surface area contributed by atoms with Crippen LogP contribution >= 0.6 is 0 Å². The monoisotopic (exact) mass is 252 g/mol.